The smallest absolute Gasteiger partial charge is 0.127 e. The number of anilines is 1. The first-order valence-corrected chi connectivity index (χ1v) is 8.98. The Hall–Kier alpha value is -1.81. The molecule has 0 amide bonds. The molecule has 23 heavy (non-hydrogen) atoms. The molecule has 0 radical (unpaired) electrons. The van der Waals surface area contributed by atoms with Crippen molar-refractivity contribution in [2.75, 3.05) is 18.4 Å². The van der Waals surface area contributed by atoms with E-state index < -0.39 is 0 Å². The Bertz CT molecular complexity index is 662. The summed E-state index contributed by atoms with van der Waals surface area (Å²) in [5, 5.41) is 8.50. The van der Waals surface area contributed by atoms with Gasteiger partial charge in [-0.15, -0.1) is 0 Å². The highest BCUT2D eigenvalue weighted by atomic mass is 15.4. The molecule has 1 unspecified atom stereocenters. The molecule has 1 fully saturated rings. The summed E-state index contributed by atoms with van der Waals surface area (Å²) in [5.74, 6) is 1.27. The molecule has 1 aromatic heterocycles. The van der Waals surface area contributed by atoms with Gasteiger partial charge in [-0.2, -0.15) is 5.10 Å². The van der Waals surface area contributed by atoms with E-state index in [0.717, 1.165) is 26.1 Å². The predicted molar refractivity (Wildman–Crippen MR) is 93.5 cm³/mol. The summed E-state index contributed by atoms with van der Waals surface area (Å²) in [6, 6.07) is 11.3. The normalized spacial score (nSPS) is 21.2. The first-order valence-electron chi connectivity index (χ1n) is 8.98. The highest BCUT2D eigenvalue weighted by molar-refractivity contribution is 5.53. The zero-order chi connectivity index (χ0) is 15.6. The topological polar surface area (TPSA) is 33.1 Å². The Kier molecular flexibility index (Phi) is 4.08. The van der Waals surface area contributed by atoms with Gasteiger partial charge in [0.2, 0.25) is 0 Å². The number of fused-ring (bicyclic) bond motifs is 1. The molecule has 1 N–H and O–H groups in total. The summed E-state index contributed by atoms with van der Waals surface area (Å²) in [5.41, 5.74) is 4.21. The molecule has 2 aromatic rings. The highest BCUT2D eigenvalue weighted by Crippen LogP contribution is 2.37. The second-order valence-electron chi connectivity index (χ2n) is 6.67. The molecule has 1 atom stereocenters. The van der Waals surface area contributed by atoms with E-state index in [1.807, 2.05) is 0 Å². The molecule has 4 heteroatoms. The average molecular weight is 310 g/mol. The van der Waals surface area contributed by atoms with Gasteiger partial charge >= 0.3 is 0 Å². The van der Waals surface area contributed by atoms with Crippen LogP contribution in [0, 0.1) is 0 Å². The van der Waals surface area contributed by atoms with E-state index in [4.69, 9.17) is 5.10 Å². The zero-order valence-electron chi connectivity index (χ0n) is 14.0. The summed E-state index contributed by atoms with van der Waals surface area (Å²) in [6.45, 7) is 6.40. The quantitative estimate of drug-likeness (QED) is 0.936. The Labute approximate surface area is 138 Å². The van der Waals surface area contributed by atoms with Gasteiger partial charge in [0.15, 0.2) is 0 Å². The van der Waals surface area contributed by atoms with Crippen molar-refractivity contribution in [1.29, 1.82) is 0 Å². The minimum Gasteiger partial charge on any atom is -0.370 e. The lowest BCUT2D eigenvalue weighted by atomic mass is 9.95. The van der Waals surface area contributed by atoms with Crippen LogP contribution in [0.15, 0.2) is 30.3 Å². The molecular formula is C19H26N4. The molecule has 0 bridgehead atoms. The SMILES string of the molecule is CCn1nc(C2CCCCN2Cc2ccccc2)c2c1NCC2. The van der Waals surface area contributed by atoms with E-state index >= 15 is 0 Å². The van der Waals surface area contributed by atoms with Crippen molar-refractivity contribution in [1.82, 2.24) is 14.7 Å². The molecular weight excluding hydrogens is 284 g/mol. The second kappa shape index (κ2) is 6.36. The maximum absolute atomic E-state index is 4.98. The van der Waals surface area contributed by atoms with Crippen LogP contribution in [-0.2, 0) is 19.5 Å². The van der Waals surface area contributed by atoms with Crippen molar-refractivity contribution in [2.45, 2.75) is 51.7 Å². The number of nitrogens with one attached hydrogen (secondary N) is 1. The van der Waals surface area contributed by atoms with Gasteiger partial charge in [-0.3, -0.25) is 4.90 Å². The number of nitrogens with zero attached hydrogens (tertiary/aromatic N) is 3. The molecule has 1 aromatic carbocycles. The van der Waals surface area contributed by atoms with Crippen LogP contribution in [0.1, 0.15) is 49.0 Å². The first-order chi connectivity index (χ1) is 11.4. The largest absolute Gasteiger partial charge is 0.370 e. The number of hydrogen-bond acceptors (Lipinski definition) is 3. The molecule has 0 saturated carbocycles. The summed E-state index contributed by atoms with van der Waals surface area (Å²) in [7, 11) is 0. The summed E-state index contributed by atoms with van der Waals surface area (Å²) in [6.07, 6.45) is 4.98. The molecule has 2 aliphatic heterocycles. The Balaban J connectivity index is 1.63. The van der Waals surface area contributed by atoms with E-state index in [0.29, 0.717) is 6.04 Å². The van der Waals surface area contributed by atoms with Crippen LogP contribution in [0.5, 0.6) is 0 Å². The maximum atomic E-state index is 4.98. The van der Waals surface area contributed by atoms with Crippen LogP contribution >= 0.6 is 0 Å². The van der Waals surface area contributed by atoms with Crippen molar-refractivity contribution in [3.8, 4) is 0 Å². The number of aryl methyl sites for hydroxylation is 1. The van der Waals surface area contributed by atoms with Gasteiger partial charge in [0, 0.05) is 25.2 Å². The van der Waals surface area contributed by atoms with E-state index in [2.05, 4.69) is 52.2 Å². The third-order valence-corrected chi connectivity index (χ3v) is 5.21. The van der Waals surface area contributed by atoms with E-state index in [1.54, 1.807) is 0 Å². The molecule has 4 rings (SSSR count). The number of hydrogen-bond donors (Lipinski definition) is 1. The van der Waals surface area contributed by atoms with Crippen LogP contribution in [0.25, 0.3) is 0 Å². The Morgan fingerprint density at radius 3 is 2.91 bits per heavy atom. The fraction of sp³-hybridized carbons (Fsp3) is 0.526. The van der Waals surface area contributed by atoms with Crippen molar-refractivity contribution >= 4 is 5.82 Å². The molecule has 4 nitrogen and oxygen atoms in total. The van der Waals surface area contributed by atoms with Crippen LogP contribution in [-0.4, -0.2) is 27.8 Å². The fourth-order valence-electron chi connectivity index (χ4n) is 4.07. The third-order valence-electron chi connectivity index (χ3n) is 5.21. The lowest BCUT2D eigenvalue weighted by molar-refractivity contribution is 0.136. The van der Waals surface area contributed by atoms with Gasteiger partial charge in [-0.1, -0.05) is 36.8 Å². The minimum absolute atomic E-state index is 0.477. The maximum Gasteiger partial charge on any atom is 0.127 e. The minimum atomic E-state index is 0.477. The number of rotatable bonds is 4. The molecule has 0 spiro atoms. The zero-order valence-corrected chi connectivity index (χ0v) is 14.0. The van der Waals surface area contributed by atoms with Gasteiger partial charge in [0.25, 0.3) is 0 Å². The average Bonchev–Trinajstić information content (AvgIpc) is 3.19. The van der Waals surface area contributed by atoms with Crippen LogP contribution < -0.4 is 5.32 Å². The first kappa shape index (κ1) is 14.8. The van der Waals surface area contributed by atoms with Gasteiger partial charge in [-0.05, 0) is 38.3 Å². The molecule has 0 aliphatic carbocycles. The van der Waals surface area contributed by atoms with Gasteiger partial charge < -0.3 is 5.32 Å². The van der Waals surface area contributed by atoms with Gasteiger partial charge in [0.1, 0.15) is 5.82 Å². The summed E-state index contributed by atoms with van der Waals surface area (Å²) in [4.78, 5) is 2.64. The van der Waals surface area contributed by atoms with Gasteiger partial charge in [-0.25, -0.2) is 4.68 Å². The molecule has 2 aliphatic rings. The van der Waals surface area contributed by atoms with E-state index in [1.165, 1.54) is 48.4 Å². The number of aromatic nitrogens is 2. The molecule has 122 valence electrons. The highest BCUT2D eigenvalue weighted by Gasteiger charge is 2.31. The lowest BCUT2D eigenvalue weighted by Gasteiger charge is -2.35. The fourth-order valence-corrected chi connectivity index (χ4v) is 4.07. The van der Waals surface area contributed by atoms with Crippen molar-refractivity contribution in [3.05, 3.63) is 47.2 Å². The van der Waals surface area contributed by atoms with E-state index in [-0.39, 0.29) is 0 Å². The van der Waals surface area contributed by atoms with Crippen LogP contribution in [0.4, 0.5) is 5.82 Å². The summed E-state index contributed by atoms with van der Waals surface area (Å²) >= 11 is 0. The van der Waals surface area contributed by atoms with Crippen LogP contribution in [0.3, 0.4) is 0 Å². The van der Waals surface area contributed by atoms with E-state index in [9.17, 15) is 0 Å². The molecule has 1 saturated heterocycles. The van der Waals surface area contributed by atoms with Crippen molar-refractivity contribution in [2.24, 2.45) is 0 Å². The second-order valence-corrected chi connectivity index (χ2v) is 6.67. The van der Waals surface area contributed by atoms with Crippen LogP contribution in [0.2, 0.25) is 0 Å². The standard InChI is InChI=1S/C19H26N4/c1-2-23-19-16(11-12-20-19)18(21-23)17-10-6-7-13-22(17)14-15-8-4-3-5-9-15/h3-5,8-9,17,20H,2,6-7,10-14H2,1H3. The number of piperidine rings is 1. The summed E-state index contributed by atoms with van der Waals surface area (Å²) < 4.78 is 2.16. The Morgan fingerprint density at radius 1 is 1.22 bits per heavy atom. The monoisotopic (exact) mass is 310 g/mol. The van der Waals surface area contributed by atoms with Crippen molar-refractivity contribution in [3.63, 3.8) is 0 Å². The van der Waals surface area contributed by atoms with Gasteiger partial charge in [0.05, 0.1) is 11.7 Å². The molecule has 3 heterocycles. The lowest BCUT2D eigenvalue weighted by Crippen LogP contribution is -2.33. The number of benzene rings is 1. The van der Waals surface area contributed by atoms with Crippen molar-refractivity contribution < 1.29 is 0 Å². The Morgan fingerprint density at radius 2 is 2.09 bits per heavy atom. The predicted octanol–water partition coefficient (Wildman–Crippen LogP) is 3.60. The third kappa shape index (κ3) is 2.76. The number of likely N-dealkylation sites (tertiary alicyclic amines) is 1.